The van der Waals surface area contributed by atoms with E-state index < -0.39 is 14.2 Å². The van der Waals surface area contributed by atoms with Gasteiger partial charge in [-0.05, 0) is 30.0 Å². The number of hydrogen-bond donors (Lipinski definition) is 1. The van der Waals surface area contributed by atoms with Crippen LogP contribution in [0, 0.1) is 0 Å². The van der Waals surface area contributed by atoms with Crippen molar-refractivity contribution in [3.05, 3.63) is 29.3 Å². The highest BCUT2D eigenvalue weighted by molar-refractivity contribution is 6.89. The summed E-state index contributed by atoms with van der Waals surface area (Å²) in [5.74, 6) is 0.0761. The Morgan fingerprint density at radius 1 is 1.35 bits per heavy atom. The van der Waals surface area contributed by atoms with Crippen molar-refractivity contribution in [1.29, 1.82) is 0 Å². The van der Waals surface area contributed by atoms with E-state index in [0.717, 1.165) is 29.3 Å². The van der Waals surface area contributed by atoms with Crippen LogP contribution in [0.2, 0.25) is 19.6 Å². The predicted molar refractivity (Wildman–Crippen MR) is 84.5 cm³/mol. The molecule has 1 aliphatic rings. The van der Waals surface area contributed by atoms with E-state index >= 15 is 0 Å². The molecule has 0 fully saturated rings. The number of nitrogens with zero attached hydrogens (tertiary/aromatic N) is 1. The van der Waals surface area contributed by atoms with Crippen LogP contribution in [0.25, 0.3) is 10.9 Å². The minimum atomic E-state index is -1.64. The van der Waals surface area contributed by atoms with Crippen LogP contribution in [0.3, 0.4) is 0 Å². The average Bonchev–Trinajstić information content (AvgIpc) is 2.70. The predicted octanol–water partition coefficient (Wildman–Crippen LogP) is 2.83. The van der Waals surface area contributed by atoms with Crippen molar-refractivity contribution in [2.75, 3.05) is 0 Å². The van der Waals surface area contributed by atoms with Crippen LogP contribution >= 0.6 is 0 Å². The van der Waals surface area contributed by atoms with Crippen molar-refractivity contribution in [2.45, 2.75) is 45.5 Å². The third-order valence-corrected chi connectivity index (χ3v) is 6.13. The summed E-state index contributed by atoms with van der Waals surface area (Å²) in [4.78, 5) is 12.2. The van der Waals surface area contributed by atoms with Gasteiger partial charge in [0.25, 0.3) is 0 Å². The van der Waals surface area contributed by atoms with Gasteiger partial charge in [0.15, 0.2) is 0 Å². The van der Waals surface area contributed by atoms with Gasteiger partial charge in [0.2, 0.25) is 5.91 Å². The van der Waals surface area contributed by atoms with E-state index in [0.29, 0.717) is 0 Å². The summed E-state index contributed by atoms with van der Waals surface area (Å²) in [6.07, 6.45) is 1.23. The molecule has 0 saturated heterocycles. The van der Waals surface area contributed by atoms with Gasteiger partial charge in [0.1, 0.15) is 0 Å². The van der Waals surface area contributed by atoms with E-state index in [1.54, 1.807) is 6.92 Å². The van der Waals surface area contributed by atoms with Crippen LogP contribution in [0.15, 0.2) is 18.2 Å². The summed E-state index contributed by atoms with van der Waals surface area (Å²) in [6.45, 7) is 8.47. The zero-order chi connectivity index (χ0) is 14.7. The molecular formula is C16H21NO2Si. The van der Waals surface area contributed by atoms with Crippen molar-refractivity contribution in [1.82, 2.24) is 4.57 Å². The van der Waals surface area contributed by atoms with Gasteiger partial charge in [-0.2, -0.15) is 0 Å². The maximum atomic E-state index is 12.2. The summed E-state index contributed by atoms with van der Waals surface area (Å²) >= 11 is 0. The Hall–Kier alpha value is -1.39. The lowest BCUT2D eigenvalue weighted by atomic mass is 9.91. The molecule has 1 aromatic heterocycles. The average molecular weight is 287 g/mol. The summed E-state index contributed by atoms with van der Waals surface area (Å²) in [5.41, 5.74) is 3.26. The molecule has 1 aliphatic carbocycles. The molecule has 0 bridgehead atoms. The lowest BCUT2D eigenvalue weighted by molar-refractivity contribution is 0.0944. The van der Waals surface area contributed by atoms with Gasteiger partial charge in [0, 0.05) is 17.6 Å². The normalized spacial score (nSPS) is 18.6. The molecule has 0 spiro atoms. The number of carbonyl (C=O) groups excluding carboxylic acids is 1. The molecule has 1 N–H and O–H groups in total. The SMILES string of the molecule is CC(=O)n1c([Si](C)(C)C)c2c3c(cccc31)C(O)CC2. The first-order valence-electron chi connectivity index (χ1n) is 7.18. The summed E-state index contributed by atoms with van der Waals surface area (Å²) in [5, 5.41) is 12.6. The van der Waals surface area contributed by atoms with Crippen LogP contribution in [0.4, 0.5) is 0 Å². The van der Waals surface area contributed by atoms with Crippen LogP contribution in [0.1, 0.15) is 35.4 Å². The first-order valence-corrected chi connectivity index (χ1v) is 10.7. The van der Waals surface area contributed by atoms with E-state index in [1.807, 2.05) is 22.8 Å². The number of benzene rings is 1. The fourth-order valence-corrected chi connectivity index (χ4v) is 5.62. The second-order valence-corrected chi connectivity index (χ2v) is 11.7. The van der Waals surface area contributed by atoms with E-state index in [2.05, 4.69) is 19.6 Å². The second-order valence-electron chi connectivity index (χ2n) is 6.73. The Balaban J connectivity index is 2.51. The Morgan fingerprint density at radius 2 is 2.05 bits per heavy atom. The van der Waals surface area contributed by atoms with Gasteiger partial charge < -0.3 is 5.11 Å². The number of aliphatic hydroxyl groups excluding tert-OH is 1. The van der Waals surface area contributed by atoms with Crippen LogP contribution < -0.4 is 5.32 Å². The molecule has 4 heteroatoms. The van der Waals surface area contributed by atoms with E-state index in [4.69, 9.17) is 0 Å². The van der Waals surface area contributed by atoms with Gasteiger partial charge >= 0.3 is 0 Å². The molecule has 2 aromatic rings. The third-order valence-electron chi connectivity index (χ3n) is 4.18. The molecule has 3 rings (SSSR count). The zero-order valence-corrected chi connectivity index (χ0v) is 13.5. The Kier molecular flexibility index (Phi) is 2.92. The molecule has 3 nitrogen and oxygen atoms in total. The molecule has 0 amide bonds. The monoisotopic (exact) mass is 287 g/mol. The molecule has 0 aliphatic heterocycles. The number of carbonyl (C=O) groups is 1. The van der Waals surface area contributed by atoms with Gasteiger partial charge in [-0.25, -0.2) is 0 Å². The number of aromatic nitrogens is 1. The van der Waals surface area contributed by atoms with Gasteiger partial charge in [-0.15, -0.1) is 0 Å². The molecule has 0 radical (unpaired) electrons. The molecule has 0 saturated carbocycles. The van der Waals surface area contributed by atoms with Crippen molar-refractivity contribution in [3.8, 4) is 0 Å². The third kappa shape index (κ3) is 1.78. The lowest BCUT2D eigenvalue weighted by Gasteiger charge is -2.23. The van der Waals surface area contributed by atoms with Crippen molar-refractivity contribution in [2.24, 2.45) is 0 Å². The zero-order valence-electron chi connectivity index (χ0n) is 12.5. The number of rotatable bonds is 1. The smallest absolute Gasteiger partial charge is 0.227 e. The maximum absolute atomic E-state index is 12.2. The van der Waals surface area contributed by atoms with E-state index in [-0.39, 0.29) is 5.91 Å². The Labute approximate surface area is 120 Å². The topological polar surface area (TPSA) is 42.2 Å². The van der Waals surface area contributed by atoms with Crippen molar-refractivity contribution < 1.29 is 9.90 Å². The van der Waals surface area contributed by atoms with Gasteiger partial charge in [-0.3, -0.25) is 9.36 Å². The molecule has 20 heavy (non-hydrogen) atoms. The first kappa shape index (κ1) is 13.6. The second kappa shape index (κ2) is 4.30. The molecule has 1 unspecified atom stereocenters. The summed E-state index contributed by atoms with van der Waals surface area (Å²) in [6, 6.07) is 5.95. The minimum absolute atomic E-state index is 0.0761. The quantitative estimate of drug-likeness (QED) is 0.820. The minimum Gasteiger partial charge on any atom is -0.388 e. The van der Waals surface area contributed by atoms with Crippen LogP contribution in [-0.4, -0.2) is 23.7 Å². The largest absolute Gasteiger partial charge is 0.388 e. The highest BCUT2D eigenvalue weighted by atomic mass is 28.3. The Morgan fingerprint density at radius 3 is 2.65 bits per heavy atom. The number of aryl methyl sites for hydroxylation is 1. The van der Waals surface area contributed by atoms with E-state index in [1.165, 1.54) is 10.9 Å². The van der Waals surface area contributed by atoms with Crippen molar-refractivity contribution >= 4 is 30.2 Å². The van der Waals surface area contributed by atoms with Crippen LogP contribution in [-0.2, 0) is 6.42 Å². The van der Waals surface area contributed by atoms with Gasteiger partial charge in [-0.1, -0.05) is 31.8 Å². The van der Waals surface area contributed by atoms with E-state index in [9.17, 15) is 9.90 Å². The highest BCUT2D eigenvalue weighted by Crippen LogP contribution is 2.36. The Bertz CT molecular complexity index is 709. The molecule has 1 aromatic carbocycles. The lowest BCUT2D eigenvalue weighted by Crippen LogP contribution is -2.46. The fraction of sp³-hybridized carbons (Fsp3) is 0.438. The fourth-order valence-electron chi connectivity index (χ4n) is 3.52. The van der Waals surface area contributed by atoms with Crippen LogP contribution in [0.5, 0.6) is 0 Å². The molecule has 1 heterocycles. The molecule has 106 valence electrons. The number of aliphatic hydroxyl groups is 1. The van der Waals surface area contributed by atoms with Crippen molar-refractivity contribution in [3.63, 3.8) is 0 Å². The first-order chi connectivity index (χ1) is 9.32. The van der Waals surface area contributed by atoms with Gasteiger partial charge in [0.05, 0.1) is 19.7 Å². The molecular weight excluding hydrogens is 266 g/mol. The maximum Gasteiger partial charge on any atom is 0.227 e. The molecule has 1 atom stereocenters. The summed E-state index contributed by atoms with van der Waals surface area (Å²) in [7, 11) is -1.64. The number of hydrogen-bond acceptors (Lipinski definition) is 2. The summed E-state index contributed by atoms with van der Waals surface area (Å²) < 4.78 is 1.90. The highest BCUT2D eigenvalue weighted by Gasteiger charge is 2.33. The standard InChI is InChI=1S/C16H21NO2Si/c1-10(18)17-13-7-5-6-11-14(19)9-8-12(15(11)13)16(17)20(2,3)4/h5-7,14,19H,8-9H2,1-4H3.